The van der Waals surface area contributed by atoms with Crippen LogP contribution in [0.5, 0.6) is 0 Å². The third-order valence-corrected chi connectivity index (χ3v) is 3.88. The van der Waals surface area contributed by atoms with E-state index in [0.717, 1.165) is 16.7 Å². The van der Waals surface area contributed by atoms with Crippen LogP contribution in [0.25, 0.3) is 6.08 Å². The van der Waals surface area contributed by atoms with Crippen LogP contribution >= 0.6 is 23.4 Å². The zero-order chi connectivity index (χ0) is 15.6. The third-order valence-electron chi connectivity index (χ3n) is 2.65. The molecule has 0 aromatic heterocycles. The molecule has 0 saturated carbocycles. The largest absolute Gasteiger partial charge is 0.293 e. The molecule has 2 rings (SSSR count). The van der Waals surface area contributed by atoms with Crippen molar-refractivity contribution in [2.24, 2.45) is 0 Å². The molecule has 0 spiro atoms. The Morgan fingerprint density at radius 2 is 2.14 bits per heavy atom. The van der Waals surface area contributed by atoms with Crippen molar-refractivity contribution in [2.45, 2.75) is 0 Å². The molecular weight excluding hydrogens is 316 g/mol. The second kappa shape index (κ2) is 6.11. The number of carbonyl (C=O) groups excluding carboxylic acids is 2. The van der Waals surface area contributed by atoms with Crippen LogP contribution in [-0.4, -0.2) is 27.5 Å². The van der Waals surface area contributed by atoms with E-state index in [1.54, 1.807) is 0 Å². The molecule has 8 heteroatoms. The van der Waals surface area contributed by atoms with Crippen LogP contribution in [-0.2, 0) is 4.79 Å². The van der Waals surface area contributed by atoms with Gasteiger partial charge in [-0.15, -0.1) is 6.58 Å². The van der Waals surface area contributed by atoms with Crippen LogP contribution in [0.3, 0.4) is 0 Å². The lowest BCUT2D eigenvalue weighted by Gasteiger charge is -2.07. The molecule has 1 aromatic rings. The number of rotatable bonds is 4. The van der Waals surface area contributed by atoms with E-state index in [4.69, 9.17) is 11.6 Å². The number of hydrogen-bond acceptors (Lipinski definition) is 5. The Labute approximate surface area is 129 Å². The average molecular weight is 325 g/mol. The molecule has 0 atom stereocenters. The first-order chi connectivity index (χ1) is 9.93. The minimum atomic E-state index is -0.608. The molecular formula is C13H9ClN2O4S. The van der Waals surface area contributed by atoms with Crippen molar-refractivity contribution < 1.29 is 14.5 Å². The van der Waals surface area contributed by atoms with E-state index in [-0.39, 0.29) is 22.2 Å². The molecule has 1 aromatic carbocycles. The molecule has 0 aliphatic carbocycles. The lowest BCUT2D eigenvalue weighted by atomic mass is 10.2. The first kappa shape index (κ1) is 15.3. The van der Waals surface area contributed by atoms with Crippen LogP contribution < -0.4 is 0 Å². The normalized spacial score (nSPS) is 16.6. The highest BCUT2D eigenvalue weighted by molar-refractivity contribution is 8.18. The summed E-state index contributed by atoms with van der Waals surface area (Å²) >= 11 is 6.50. The minimum Gasteiger partial charge on any atom is -0.268 e. The molecule has 2 amide bonds. The quantitative estimate of drug-likeness (QED) is 0.366. The fourth-order valence-corrected chi connectivity index (χ4v) is 2.73. The molecule has 6 nitrogen and oxygen atoms in total. The maximum atomic E-state index is 12.0. The minimum absolute atomic E-state index is 0.0110. The van der Waals surface area contributed by atoms with Gasteiger partial charge in [0.25, 0.3) is 16.8 Å². The molecule has 1 heterocycles. The average Bonchev–Trinajstić information content (AvgIpc) is 2.69. The molecule has 0 N–H and O–H groups in total. The van der Waals surface area contributed by atoms with Gasteiger partial charge in [-0.3, -0.25) is 24.6 Å². The van der Waals surface area contributed by atoms with Gasteiger partial charge in [0.05, 0.1) is 9.83 Å². The second-order valence-electron chi connectivity index (χ2n) is 4.05. The smallest absolute Gasteiger partial charge is 0.268 e. The number of imide groups is 1. The van der Waals surface area contributed by atoms with Gasteiger partial charge in [0, 0.05) is 12.6 Å². The van der Waals surface area contributed by atoms with Crippen molar-refractivity contribution in [3.63, 3.8) is 0 Å². The summed E-state index contributed by atoms with van der Waals surface area (Å²) in [5, 5.41) is 10.4. The number of nitrogens with zero attached hydrogens (tertiary/aromatic N) is 2. The first-order valence-electron chi connectivity index (χ1n) is 5.74. The van der Waals surface area contributed by atoms with E-state index >= 15 is 0 Å². The predicted molar refractivity (Wildman–Crippen MR) is 81.0 cm³/mol. The number of hydrogen-bond donors (Lipinski definition) is 0. The fourth-order valence-electron chi connectivity index (χ4n) is 1.70. The first-order valence-corrected chi connectivity index (χ1v) is 6.93. The molecule has 0 radical (unpaired) electrons. The number of amides is 2. The molecule has 1 aliphatic rings. The summed E-state index contributed by atoms with van der Waals surface area (Å²) < 4.78 is 0. The summed E-state index contributed by atoms with van der Waals surface area (Å²) in [6.45, 7) is 3.61. The van der Waals surface area contributed by atoms with Gasteiger partial charge in [-0.05, 0) is 29.5 Å². The monoisotopic (exact) mass is 324 g/mol. The van der Waals surface area contributed by atoms with Crippen LogP contribution in [0.1, 0.15) is 5.56 Å². The van der Waals surface area contributed by atoms with Gasteiger partial charge in [0.15, 0.2) is 0 Å². The van der Waals surface area contributed by atoms with E-state index in [0.29, 0.717) is 5.56 Å². The highest BCUT2D eigenvalue weighted by Gasteiger charge is 2.34. The Hall–Kier alpha value is -2.12. The van der Waals surface area contributed by atoms with Crippen molar-refractivity contribution in [3.05, 3.63) is 56.5 Å². The molecule has 21 heavy (non-hydrogen) atoms. The number of thioether (sulfide) groups is 1. The Morgan fingerprint density at radius 3 is 2.76 bits per heavy atom. The van der Waals surface area contributed by atoms with Crippen molar-refractivity contribution in [3.8, 4) is 0 Å². The maximum Gasteiger partial charge on any atom is 0.293 e. The van der Waals surface area contributed by atoms with E-state index in [1.807, 2.05) is 0 Å². The number of benzene rings is 1. The summed E-state index contributed by atoms with van der Waals surface area (Å²) in [7, 11) is 0. The van der Waals surface area contributed by atoms with Crippen molar-refractivity contribution in [1.29, 1.82) is 0 Å². The van der Waals surface area contributed by atoms with Crippen molar-refractivity contribution in [1.82, 2.24) is 4.90 Å². The SMILES string of the molecule is C=CCN1C(=O)S/C(=C\c2ccc(Cl)c([N+](=O)[O-])c2)C1=O. The van der Waals surface area contributed by atoms with Gasteiger partial charge in [-0.1, -0.05) is 23.7 Å². The second-order valence-corrected chi connectivity index (χ2v) is 5.45. The molecule has 1 aliphatic heterocycles. The van der Waals surface area contributed by atoms with Gasteiger partial charge in [-0.2, -0.15) is 0 Å². The van der Waals surface area contributed by atoms with E-state index in [2.05, 4.69) is 6.58 Å². The van der Waals surface area contributed by atoms with Crippen LogP contribution in [0, 0.1) is 10.1 Å². The highest BCUT2D eigenvalue weighted by Crippen LogP contribution is 2.33. The highest BCUT2D eigenvalue weighted by atomic mass is 35.5. The molecule has 0 bridgehead atoms. The van der Waals surface area contributed by atoms with E-state index in [9.17, 15) is 19.7 Å². The standard InChI is InChI=1S/C13H9ClN2O4S/c1-2-5-15-12(17)11(21-13(15)18)7-8-3-4-9(14)10(6-8)16(19)20/h2-4,6-7H,1,5H2/b11-7-. The molecule has 1 fully saturated rings. The molecule has 108 valence electrons. The molecule has 0 unspecified atom stereocenters. The van der Waals surface area contributed by atoms with Gasteiger partial charge >= 0.3 is 0 Å². The maximum absolute atomic E-state index is 12.0. The van der Waals surface area contributed by atoms with Crippen molar-refractivity contribution >= 4 is 46.3 Å². The van der Waals surface area contributed by atoms with Gasteiger partial charge < -0.3 is 0 Å². The summed E-state index contributed by atoms with van der Waals surface area (Å²) in [5.74, 6) is -0.442. The van der Waals surface area contributed by atoms with Gasteiger partial charge in [-0.25, -0.2) is 0 Å². The fraction of sp³-hybridized carbons (Fsp3) is 0.0769. The summed E-state index contributed by atoms with van der Waals surface area (Å²) in [6, 6.07) is 4.17. The summed E-state index contributed by atoms with van der Waals surface area (Å²) in [4.78, 5) is 35.1. The lowest BCUT2D eigenvalue weighted by molar-refractivity contribution is -0.384. The Balaban J connectivity index is 2.35. The van der Waals surface area contributed by atoms with E-state index in [1.165, 1.54) is 30.4 Å². The van der Waals surface area contributed by atoms with Gasteiger partial charge in [0.1, 0.15) is 5.02 Å². The van der Waals surface area contributed by atoms with E-state index < -0.39 is 16.1 Å². The van der Waals surface area contributed by atoms with Gasteiger partial charge in [0.2, 0.25) is 0 Å². The van der Waals surface area contributed by atoms with Crippen molar-refractivity contribution in [2.75, 3.05) is 6.54 Å². The lowest BCUT2D eigenvalue weighted by Crippen LogP contribution is -2.27. The third kappa shape index (κ3) is 3.14. The number of nitro groups is 1. The summed E-state index contributed by atoms with van der Waals surface area (Å²) in [6.07, 6.45) is 2.88. The van der Waals surface area contributed by atoms with Crippen LogP contribution in [0.2, 0.25) is 5.02 Å². The zero-order valence-corrected chi connectivity index (χ0v) is 12.2. The number of halogens is 1. The number of nitro benzene ring substituents is 1. The molecule has 1 saturated heterocycles. The topological polar surface area (TPSA) is 80.5 Å². The zero-order valence-electron chi connectivity index (χ0n) is 10.6. The predicted octanol–water partition coefficient (Wildman–Crippen LogP) is 3.47. The van der Waals surface area contributed by atoms with Crippen LogP contribution in [0.4, 0.5) is 10.5 Å². The summed E-state index contributed by atoms with van der Waals surface area (Å²) in [5.41, 5.74) is 0.172. The van der Waals surface area contributed by atoms with Crippen LogP contribution in [0.15, 0.2) is 35.8 Å². The Bertz CT molecular complexity index is 687. The Kier molecular flexibility index (Phi) is 4.44. The Morgan fingerprint density at radius 1 is 1.43 bits per heavy atom. The number of carbonyl (C=O) groups is 2.